The lowest BCUT2D eigenvalue weighted by Gasteiger charge is -2.14. The Balaban J connectivity index is 1.96. The zero-order chi connectivity index (χ0) is 22.4. The number of carbonyl (C=O) groups is 1. The van der Waals surface area contributed by atoms with Crippen molar-refractivity contribution < 1.29 is 28.7 Å². The van der Waals surface area contributed by atoms with E-state index in [0.29, 0.717) is 5.06 Å². The Hall–Kier alpha value is -3.76. The normalized spacial score (nSPS) is 11.1. The first kappa shape index (κ1) is 21.9. The van der Waals surface area contributed by atoms with Gasteiger partial charge in [-0.3, -0.25) is 10.0 Å². The van der Waals surface area contributed by atoms with E-state index in [1.165, 1.54) is 19.2 Å². The quantitative estimate of drug-likeness (QED) is 0.331. The summed E-state index contributed by atoms with van der Waals surface area (Å²) in [7, 11) is 2.36. The maximum absolute atomic E-state index is 15.0. The molecule has 0 bridgehead atoms. The maximum atomic E-state index is 15.0. The third-order valence-corrected chi connectivity index (χ3v) is 4.11. The summed E-state index contributed by atoms with van der Waals surface area (Å²) in [5, 5.41) is 13.7. The minimum absolute atomic E-state index is 0.0230. The third-order valence-electron chi connectivity index (χ3n) is 3.80. The first-order chi connectivity index (χ1) is 14.9. The Morgan fingerprint density at radius 1 is 1.06 bits per heavy atom. The van der Waals surface area contributed by atoms with Gasteiger partial charge < -0.3 is 14.3 Å². The zero-order valence-electron chi connectivity index (χ0n) is 16.3. The number of ether oxygens (including phenoxy) is 2. The molecule has 0 spiro atoms. The molecule has 1 heterocycles. The molecule has 0 unspecified atom stereocenters. The second-order valence-electron chi connectivity index (χ2n) is 5.88. The predicted octanol–water partition coefficient (Wildman–Crippen LogP) is 4.05. The monoisotopic (exact) mass is 446 g/mol. The van der Waals surface area contributed by atoms with Crippen LogP contribution in [0.1, 0.15) is 5.56 Å². The number of amides is 1. The van der Waals surface area contributed by atoms with Crippen LogP contribution in [0.5, 0.6) is 23.3 Å². The molecule has 0 aliphatic rings. The summed E-state index contributed by atoms with van der Waals surface area (Å²) in [6.07, 6.45) is 1.05. The molecule has 9 nitrogen and oxygen atoms in total. The fraction of sp³-hybridized carbons (Fsp3) is 0.100. The summed E-state index contributed by atoms with van der Waals surface area (Å²) in [5.41, 5.74) is -0.146. The van der Waals surface area contributed by atoms with Gasteiger partial charge in [-0.2, -0.15) is 14.4 Å². The third kappa shape index (κ3) is 5.05. The molecule has 11 heteroatoms. The van der Waals surface area contributed by atoms with E-state index in [1.54, 1.807) is 36.4 Å². The standard InChI is InChI=1S/C20H16ClFN4O5/c1-26(28)20(27)17(25-29-2)12-7-3-5-9-14(12)30-18-16(22)19(24-11-23-18)31-15-10-6-4-8-13(15)21/h3-11,28H,1-2H3/b25-17-. The Kier molecular flexibility index (Phi) is 6.96. The molecule has 0 saturated carbocycles. The number of halogens is 2. The van der Waals surface area contributed by atoms with Crippen LogP contribution in [0.25, 0.3) is 0 Å². The molecule has 2 aromatic carbocycles. The van der Waals surface area contributed by atoms with E-state index >= 15 is 0 Å². The predicted molar refractivity (Wildman–Crippen MR) is 108 cm³/mol. The van der Waals surface area contributed by atoms with Crippen molar-refractivity contribution >= 4 is 23.2 Å². The zero-order valence-corrected chi connectivity index (χ0v) is 17.1. The van der Waals surface area contributed by atoms with Crippen LogP contribution in [-0.2, 0) is 9.63 Å². The molecule has 0 fully saturated rings. The lowest BCUT2D eigenvalue weighted by molar-refractivity contribution is -0.151. The van der Waals surface area contributed by atoms with Crippen LogP contribution in [0, 0.1) is 5.82 Å². The molecule has 0 saturated heterocycles. The fourth-order valence-electron chi connectivity index (χ4n) is 2.42. The largest absolute Gasteiger partial charge is 0.436 e. The number of nitrogens with zero attached hydrogens (tertiary/aromatic N) is 4. The number of hydrogen-bond donors (Lipinski definition) is 1. The van der Waals surface area contributed by atoms with Crippen LogP contribution in [-0.4, -0.2) is 46.0 Å². The first-order valence-electron chi connectivity index (χ1n) is 8.70. The topological polar surface area (TPSA) is 106 Å². The van der Waals surface area contributed by atoms with Crippen LogP contribution < -0.4 is 9.47 Å². The molecule has 3 aromatic rings. The van der Waals surface area contributed by atoms with Crippen molar-refractivity contribution in [2.75, 3.05) is 14.2 Å². The van der Waals surface area contributed by atoms with Crippen LogP contribution in [0.15, 0.2) is 60.0 Å². The number of aromatic nitrogens is 2. The van der Waals surface area contributed by atoms with Crippen LogP contribution >= 0.6 is 11.6 Å². The molecule has 160 valence electrons. The van der Waals surface area contributed by atoms with E-state index in [9.17, 15) is 14.4 Å². The van der Waals surface area contributed by atoms with Gasteiger partial charge in [0.15, 0.2) is 5.71 Å². The van der Waals surface area contributed by atoms with E-state index in [-0.39, 0.29) is 27.8 Å². The minimum Gasteiger partial charge on any atom is -0.436 e. The van der Waals surface area contributed by atoms with Crippen molar-refractivity contribution in [1.82, 2.24) is 15.0 Å². The van der Waals surface area contributed by atoms with Crippen molar-refractivity contribution in [2.45, 2.75) is 0 Å². The summed E-state index contributed by atoms with van der Waals surface area (Å²) in [4.78, 5) is 24.5. The molecule has 31 heavy (non-hydrogen) atoms. The van der Waals surface area contributed by atoms with Crippen molar-refractivity contribution in [2.24, 2.45) is 5.16 Å². The SMILES string of the molecule is CO/N=C(\C(=O)N(C)O)c1ccccc1Oc1ncnc(Oc2ccccc2Cl)c1F. The highest BCUT2D eigenvalue weighted by Crippen LogP contribution is 2.33. The summed E-state index contributed by atoms with van der Waals surface area (Å²) >= 11 is 6.03. The average Bonchev–Trinajstić information content (AvgIpc) is 2.76. The maximum Gasteiger partial charge on any atom is 0.299 e. The summed E-state index contributed by atoms with van der Waals surface area (Å²) < 4.78 is 26.0. The van der Waals surface area contributed by atoms with Gasteiger partial charge in [0.05, 0.1) is 10.6 Å². The van der Waals surface area contributed by atoms with Crippen molar-refractivity contribution in [3.63, 3.8) is 0 Å². The van der Waals surface area contributed by atoms with Crippen molar-refractivity contribution in [1.29, 1.82) is 0 Å². The van der Waals surface area contributed by atoms with Crippen molar-refractivity contribution in [3.8, 4) is 23.3 Å². The van der Waals surface area contributed by atoms with Crippen LogP contribution in [0.4, 0.5) is 4.39 Å². The number of hydrogen-bond acceptors (Lipinski definition) is 8. The number of benzene rings is 2. The van der Waals surface area contributed by atoms with Gasteiger partial charge in [-0.15, -0.1) is 0 Å². The number of para-hydroxylation sites is 2. The molecule has 0 aliphatic heterocycles. The van der Waals surface area contributed by atoms with Gasteiger partial charge in [0, 0.05) is 7.05 Å². The van der Waals surface area contributed by atoms with Gasteiger partial charge in [0.1, 0.15) is 24.9 Å². The first-order valence-corrected chi connectivity index (χ1v) is 9.08. The van der Waals surface area contributed by atoms with Gasteiger partial charge in [0.25, 0.3) is 17.7 Å². The summed E-state index contributed by atoms with van der Waals surface area (Å²) in [6, 6.07) is 12.6. The van der Waals surface area contributed by atoms with Gasteiger partial charge in [0.2, 0.25) is 5.82 Å². The molecule has 1 amide bonds. The Bertz CT molecular complexity index is 1130. The highest BCUT2D eigenvalue weighted by molar-refractivity contribution is 6.45. The number of oxime groups is 1. The van der Waals surface area contributed by atoms with Gasteiger partial charge in [-0.25, -0.2) is 5.06 Å². The number of likely N-dealkylation sites (N-methyl/N-ethyl adjacent to an activating group) is 1. The van der Waals surface area contributed by atoms with Gasteiger partial charge in [-0.05, 0) is 24.3 Å². The van der Waals surface area contributed by atoms with E-state index < -0.39 is 23.5 Å². The lowest BCUT2D eigenvalue weighted by atomic mass is 10.1. The molecule has 0 radical (unpaired) electrons. The summed E-state index contributed by atoms with van der Waals surface area (Å²) in [6.45, 7) is 0. The van der Waals surface area contributed by atoms with E-state index in [0.717, 1.165) is 13.4 Å². The average molecular weight is 447 g/mol. The van der Waals surface area contributed by atoms with Crippen molar-refractivity contribution in [3.05, 3.63) is 71.3 Å². The molecular formula is C20H16ClFN4O5. The second-order valence-corrected chi connectivity index (χ2v) is 6.29. The molecule has 3 rings (SSSR count). The minimum atomic E-state index is -0.993. The lowest BCUT2D eigenvalue weighted by Crippen LogP contribution is -2.31. The van der Waals surface area contributed by atoms with E-state index in [4.69, 9.17) is 25.9 Å². The molecule has 0 aliphatic carbocycles. The number of carbonyl (C=O) groups excluding carboxylic acids is 1. The van der Waals surface area contributed by atoms with E-state index in [2.05, 4.69) is 15.1 Å². The molecule has 0 atom stereocenters. The van der Waals surface area contributed by atoms with Crippen LogP contribution in [0.2, 0.25) is 5.02 Å². The van der Waals surface area contributed by atoms with Gasteiger partial charge in [-0.1, -0.05) is 41.0 Å². The molecule has 1 aromatic heterocycles. The van der Waals surface area contributed by atoms with Crippen LogP contribution in [0.3, 0.4) is 0 Å². The summed E-state index contributed by atoms with van der Waals surface area (Å²) in [5.74, 6) is -2.52. The van der Waals surface area contributed by atoms with E-state index in [1.807, 2.05) is 0 Å². The highest BCUT2D eigenvalue weighted by atomic mass is 35.5. The molecular weight excluding hydrogens is 431 g/mol. The second kappa shape index (κ2) is 9.83. The Morgan fingerprint density at radius 2 is 1.65 bits per heavy atom. The Labute approximate surface area is 181 Å². The number of rotatable bonds is 7. The fourth-order valence-corrected chi connectivity index (χ4v) is 2.59. The molecule has 1 N–H and O–H groups in total. The number of hydroxylamine groups is 2. The smallest absolute Gasteiger partial charge is 0.299 e. The Morgan fingerprint density at radius 3 is 2.26 bits per heavy atom. The van der Waals surface area contributed by atoms with Gasteiger partial charge >= 0.3 is 0 Å². The highest BCUT2D eigenvalue weighted by Gasteiger charge is 2.24.